The third-order valence-electron chi connectivity index (χ3n) is 5.28. The van der Waals surface area contributed by atoms with E-state index in [0.717, 1.165) is 29.8 Å². The van der Waals surface area contributed by atoms with E-state index < -0.39 is 64.2 Å². The van der Waals surface area contributed by atoms with Crippen LogP contribution in [-0.4, -0.2) is 62.5 Å². The molecule has 1 unspecified atom stereocenters. The first-order valence-electron chi connectivity index (χ1n) is 11.1. The molecule has 1 atom stereocenters. The Labute approximate surface area is 231 Å². The molecule has 2 aromatic rings. The van der Waals surface area contributed by atoms with E-state index >= 15 is 0 Å². The topological polar surface area (TPSA) is 141 Å². The Morgan fingerprint density at radius 1 is 1.20 bits per heavy atom. The summed E-state index contributed by atoms with van der Waals surface area (Å²) >= 11 is 6.87. The smallest absolute Gasteiger partial charge is 0.431 e. The fourth-order valence-corrected chi connectivity index (χ4v) is 4.88. The molecule has 0 aliphatic carbocycles. The van der Waals surface area contributed by atoms with Gasteiger partial charge in [-0.2, -0.15) is 13.2 Å². The normalized spacial score (nSPS) is 16.5. The number of hydrogen-bond donors (Lipinski definition) is 1. The number of amides is 2. The van der Waals surface area contributed by atoms with Crippen LogP contribution < -0.4 is 16.7 Å². The molecule has 216 valence electrons. The van der Waals surface area contributed by atoms with Crippen LogP contribution in [0.3, 0.4) is 0 Å². The maximum Gasteiger partial charge on any atom is 0.431 e. The number of rotatable bonds is 8. The molecule has 1 N–H and O–H groups in total. The van der Waals surface area contributed by atoms with Crippen LogP contribution in [0.1, 0.15) is 19.0 Å². The predicted octanol–water partition coefficient (Wildman–Crippen LogP) is 1.91. The largest absolute Gasteiger partial charge is 0.465 e. The summed E-state index contributed by atoms with van der Waals surface area (Å²) in [5.41, 5.74) is -3.56. The number of hydroxylamine groups is 1. The van der Waals surface area contributed by atoms with Crippen LogP contribution in [0.5, 0.6) is 0 Å². The number of aliphatic imine (C=N–C) groups is 1. The van der Waals surface area contributed by atoms with E-state index in [1.807, 2.05) is 0 Å². The third kappa shape index (κ3) is 6.53. The minimum absolute atomic E-state index is 0.00411. The summed E-state index contributed by atoms with van der Waals surface area (Å²) in [7, 11) is 1.94. The van der Waals surface area contributed by atoms with Crippen LogP contribution >= 0.6 is 23.4 Å². The van der Waals surface area contributed by atoms with Crippen LogP contribution in [0.15, 0.2) is 32.8 Å². The molecule has 2 heterocycles. The summed E-state index contributed by atoms with van der Waals surface area (Å²) in [5.74, 6) is -3.41. The first kappa shape index (κ1) is 30.8. The number of hydrogen-bond acceptors (Lipinski definition) is 9. The van der Waals surface area contributed by atoms with E-state index in [4.69, 9.17) is 16.3 Å². The lowest BCUT2D eigenvalue weighted by Crippen LogP contribution is -2.41. The lowest BCUT2D eigenvalue weighted by Gasteiger charge is -2.16. The molecule has 1 saturated heterocycles. The standard InChI is InChI=1S/C22H20ClF4N5O7S/c1-4-39-18(35)9-31-19(36)14(7-16(33)29-38-3)40-20(31)28-12-6-13(11(24)5-10(12)23)32-17(34)8-15(22(25,26)27)30(2)21(32)37/h5-6,8,14H,4,7,9H2,1-3H3,(H,29,33)/b28-20-. The number of esters is 1. The molecule has 1 aromatic carbocycles. The maximum absolute atomic E-state index is 14.9. The summed E-state index contributed by atoms with van der Waals surface area (Å²) in [5, 5.41) is -1.59. The van der Waals surface area contributed by atoms with Gasteiger partial charge >= 0.3 is 17.8 Å². The van der Waals surface area contributed by atoms with Gasteiger partial charge < -0.3 is 4.74 Å². The molecule has 2 amide bonds. The molecule has 1 aliphatic rings. The van der Waals surface area contributed by atoms with E-state index in [0.29, 0.717) is 6.07 Å². The predicted molar refractivity (Wildman–Crippen MR) is 134 cm³/mol. The number of alkyl halides is 3. The van der Waals surface area contributed by atoms with Gasteiger partial charge in [-0.3, -0.25) is 33.5 Å². The van der Waals surface area contributed by atoms with Crippen molar-refractivity contribution in [2.75, 3.05) is 20.3 Å². The van der Waals surface area contributed by atoms with E-state index in [1.54, 1.807) is 6.92 Å². The highest BCUT2D eigenvalue weighted by Crippen LogP contribution is 2.35. The second-order valence-corrected chi connectivity index (χ2v) is 9.54. The van der Waals surface area contributed by atoms with Crippen molar-refractivity contribution in [3.63, 3.8) is 0 Å². The summed E-state index contributed by atoms with van der Waals surface area (Å²) in [6.07, 6.45) is -5.41. The number of benzene rings is 1. The molecular weight excluding hydrogens is 590 g/mol. The Bertz CT molecular complexity index is 1510. The van der Waals surface area contributed by atoms with Gasteiger partial charge in [-0.25, -0.2) is 24.2 Å². The van der Waals surface area contributed by atoms with Gasteiger partial charge in [-0.05, 0) is 19.1 Å². The number of nitrogens with one attached hydrogen (secondary N) is 1. The van der Waals surface area contributed by atoms with Crippen molar-refractivity contribution < 1.29 is 41.5 Å². The van der Waals surface area contributed by atoms with E-state index in [-0.39, 0.29) is 44.1 Å². The van der Waals surface area contributed by atoms with Gasteiger partial charge in [-0.15, -0.1) is 0 Å². The first-order chi connectivity index (χ1) is 18.7. The molecule has 40 heavy (non-hydrogen) atoms. The average molecular weight is 610 g/mol. The van der Waals surface area contributed by atoms with Gasteiger partial charge in [0.25, 0.3) is 5.56 Å². The Hall–Kier alpha value is -3.70. The summed E-state index contributed by atoms with van der Waals surface area (Å²) in [4.78, 5) is 71.8. The molecule has 1 fully saturated rings. The summed E-state index contributed by atoms with van der Waals surface area (Å²) in [6, 6.07) is 1.61. The van der Waals surface area contributed by atoms with Crippen LogP contribution in [0.25, 0.3) is 5.69 Å². The minimum atomic E-state index is -5.03. The monoisotopic (exact) mass is 609 g/mol. The van der Waals surface area contributed by atoms with E-state index in [2.05, 4.69) is 15.3 Å². The van der Waals surface area contributed by atoms with Crippen molar-refractivity contribution in [2.24, 2.45) is 12.0 Å². The number of ether oxygens (including phenoxy) is 1. The number of thioether (sulfide) groups is 1. The van der Waals surface area contributed by atoms with Gasteiger partial charge in [0.15, 0.2) is 5.17 Å². The van der Waals surface area contributed by atoms with Crippen LogP contribution in [0.4, 0.5) is 23.2 Å². The van der Waals surface area contributed by atoms with Crippen LogP contribution in [-0.2, 0) is 37.2 Å². The number of amidine groups is 1. The highest BCUT2D eigenvalue weighted by Gasteiger charge is 2.41. The van der Waals surface area contributed by atoms with Crippen molar-refractivity contribution >= 4 is 52.0 Å². The molecular formula is C22H20ClF4N5O7S. The van der Waals surface area contributed by atoms with Crippen molar-refractivity contribution in [1.29, 1.82) is 0 Å². The zero-order chi connectivity index (χ0) is 29.9. The number of nitrogens with zero attached hydrogens (tertiary/aromatic N) is 4. The number of aromatic nitrogens is 2. The fraction of sp³-hybridized carbons (Fsp3) is 0.364. The molecule has 3 rings (SSSR count). The Balaban J connectivity index is 2.13. The lowest BCUT2D eigenvalue weighted by atomic mass is 10.2. The summed E-state index contributed by atoms with van der Waals surface area (Å²) in [6.45, 7) is 0.939. The highest BCUT2D eigenvalue weighted by atomic mass is 35.5. The van der Waals surface area contributed by atoms with Crippen molar-refractivity contribution in [1.82, 2.24) is 19.5 Å². The average Bonchev–Trinajstić information content (AvgIpc) is 3.12. The second kappa shape index (κ2) is 12.2. The highest BCUT2D eigenvalue weighted by molar-refractivity contribution is 8.15. The molecule has 1 aromatic heterocycles. The maximum atomic E-state index is 14.9. The number of halogens is 5. The lowest BCUT2D eigenvalue weighted by molar-refractivity contribution is -0.146. The third-order valence-corrected chi connectivity index (χ3v) is 6.76. The molecule has 12 nitrogen and oxygen atoms in total. The second-order valence-electron chi connectivity index (χ2n) is 7.96. The zero-order valence-electron chi connectivity index (χ0n) is 20.9. The fourth-order valence-electron chi connectivity index (χ4n) is 3.54. The molecule has 0 spiro atoms. The molecule has 1 aliphatic heterocycles. The Morgan fingerprint density at radius 3 is 2.48 bits per heavy atom. The van der Waals surface area contributed by atoms with E-state index in [9.17, 15) is 41.5 Å². The van der Waals surface area contributed by atoms with Crippen molar-refractivity contribution in [3.05, 3.63) is 55.6 Å². The number of carbonyl (C=O) groups excluding carboxylic acids is 3. The zero-order valence-corrected chi connectivity index (χ0v) is 22.4. The van der Waals surface area contributed by atoms with Crippen LogP contribution in [0.2, 0.25) is 5.02 Å². The van der Waals surface area contributed by atoms with Gasteiger partial charge in [0.05, 0.1) is 30.1 Å². The summed E-state index contributed by atoms with van der Waals surface area (Å²) < 4.78 is 59.7. The number of carbonyl (C=O) groups is 3. The Morgan fingerprint density at radius 2 is 1.88 bits per heavy atom. The van der Waals surface area contributed by atoms with Crippen molar-refractivity contribution in [3.8, 4) is 5.69 Å². The molecule has 0 bridgehead atoms. The molecule has 18 heteroatoms. The van der Waals surface area contributed by atoms with Gasteiger partial charge in [-0.1, -0.05) is 23.4 Å². The molecule has 0 saturated carbocycles. The van der Waals surface area contributed by atoms with Crippen LogP contribution in [0, 0.1) is 5.82 Å². The quantitative estimate of drug-likeness (QED) is 0.272. The SMILES string of the molecule is CCOC(=O)CN1C(=O)C(CC(=O)NOC)S/C1=N\c1cc(-n2c(=O)cc(C(F)(F)F)n(C)c2=O)c(F)cc1Cl. The minimum Gasteiger partial charge on any atom is -0.465 e. The Kier molecular flexibility index (Phi) is 9.42. The van der Waals surface area contributed by atoms with E-state index in [1.165, 1.54) is 7.11 Å². The molecule has 0 radical (unpaired) electrons. The van der Waals surface area contributed by atoms with Gasteiger partial charge in [0.2, 0.25) is 11.8 Å². The van der Waals surface area contributed by atoms with Gasteiger partial charge in [0.1, 0.15) is 23.3 Å². The van der Waals surface area contributed by atoms with Crippen molar-refractivity contribution in [2.45, 2.75) is 24.8 Å². The first-order valence-corrected chi connectivity index (χ1v) is 12.4. The van der Waals surface area contributed by atoms with Gasteiger partial charge in [0, 0.05) is 19.5 Å².